The van der Waals surface area contributed by atoms with Crippen LogP contribution in [-0.4, -0.2) is 27.0 Å². The summed E-state index contributed by atoms with van der Waals surface area (Å²) in [6.45, 7) is 3.83. The average molecular weight is 421 g/mol. The normalized spacial score (nSPS) is 11.1. The zero-order valence-corrected chi connectivity index (χ0v) is 18.9. The standard InChI is InChI=1S/C26H36N4O/c1-2-3-4-5-6-7-8-9-12-21-30-24-14-11-10-13-23(24)29-25(30)17-20-28-26(31)22-15-18-27-19-16-22/h10-11,13-16,18-19H,2-9,12,17,20-21H2,1H3,(H,28,31). The molecule has 0 atom stereocenters. The highest BCUT2D eigenvalue weighted by Crippen LogP contribution is 2.18. The number of nitrogens with one attached hydrogen (secondary N) is 1. The number of pyridine rings is 1. The number of hydrogen-bond donors (Lipinski definition) is 1. The van der Waals surface area contributed by atoms with Crippen LogP contribution in [0.2, 0.25) is 0 Å². The van der Waals surface area contributed by atoms with Crippen molar-refractivity contribution < 1.29 is 4.79 Å². The highest BCUT2D eigenvalue weighted by Gasteiger charge is 2.11. The van der Waals surface area contributed by atoms with Gasteiger partial charge in [0.1, 0.15) is 5.82 Å². The summed E-state index contributed by atoms with van der Waals surface area (Å²) < 4.78 is 2.34. The molecule has 31 heavy (non-hydrogen) atoms. The van der Waals surface area contributed by atoms with Gasteiger partial charge in [-0.3, -0.25) is 9.78 Å². The van der Waals surface area contributed by atoms with Crippen molar-refractivity contribution in [2.24, 2.45) is 0 Å². The summed E-state index contributed by atoms with van der Waals surface area (Å²) in [6, 6.07) is 11.8. The van der Waals surface area contributed by atoms with Crippen LogP contribution in [0.15, 0.2) is 48.8 Å². The summed E-state index contributed by atoms with van der Waals surface area (Å²) in [5.41, 5.74) is 2.87. The molecule has 1 amide bonds. The van der Waals surface area contributed by atoms with E-state index in [-0.39, 0.29) is 5.91 Å². The second-order valence-corrected chi connectivity index (χ2v) is 8.24. The third-order valence-electron chi connectivity index (χ3n) is 5.80. The van der Waals surface area contributed by atoms with Gasteiger partial charge in [-0.15, -0.1) is 0 Å². The number of nitrogens with zero attached hydrogens (tertiary/aromatic N) is 3. The van der Waals surface area contributed by atoms with Crippen LogP contribution in [0.25, 0.3) is 11.0 Å². The molecule has 1 aromatic carbocycles. The topological polar surface area (TPSA) is 59.8 Å². The summed E-state index contributed by atoms with van der Waals surface area (Å²) >= 11 is 0. The minimum Gasteiger partial charge on any atom is -0.352 e. The Morgan fingerprint density at radius 2 is 1.58 bits per heavy atom. The van der Waals surface area contributed by atoms with Crippen molar-refractivity contribution in [3.63, 3.8) is 0 Å². The van der Waals surface area contributed by atoms with Gasteiger partial charge in [-0.2, -0.15) is 0 Å². The Morgan fingerprint density at radius 1 is 0.903 bits per heavy atom. The average Bonchev–Trinajstić information content (AvgIpc) is 3.16. The highest BCUT2D eigenvalue weighted by atomic mass is 16.1. The first-order valence-electron chi connectivity index (χ1n) is 11.9. The van der Waals surface area contributed by atoms with E-state index < -0.39 is 0 Å². The molecule has 5 heteroatoms. The summed E-state index contributed by atoms with van der Waals surface area (Å²) in [4.78, 5) is 21.1. The van der Waals surface area contributed by atoms with E-state index in [9.17, 15) is 4.79 Å². The van der Waals surface area contributed by atoms with Crippen LogP contribution in [0, 0.1) is 0 Å². The Morgan fingerprint density at radius 3 is 2.32 bits per heavy atom. The van der Waals surface area contributed by atoms with E-state index in [2.05, 4.69) is 40.0 Å². The first-order valence-corrected chi connectivity index (χ1v) is 11.9. The molecule has 0 unspecified atom stereocenters. The van der Waals surface area contributed by atoms with E-state index in [0.29, 0.717) is 12.1 Å². The SMILES string of the molecule is CCCCCCCCCCCn1c(CCNC(=O)c2ccncc2)nc2ccccc21. The largest absolute Gasteiger partial charge is 0.352 e. The Labute approximate surface area is 186 Å². The molecule has 0 radical (unpaired) electrons. The highest BCUT2D eigenvalue weighted by molar-refractivity contribution is 5.93. The molecule has 0 fully saturated rings. The van der Waals surface area contributed by atoms with E-state index in [4.69, 9.17) is 4.98 Å². The van der Waals surface area contributed by atoms with E-state index in [1.165, 1.54) is 63.3 Å². The van der Waals surface area contributed by atoms with Crippen LogP contribution in [0.3, 0.4) is 0 Å². The molecular weight excluding hydrogens is 384 g/mol. The monoisotopic (exact) mass is 420 g/mol. The summed E-state index contributed by atoms with van der Waals surface area (Å²) in [5, 5.41) is 3.00. The Hall–Kier alpha value is -2.69. The van der Waals surface area contributed by atoms with Gasteiger partial charge < -0.3 is 9.88 Å². The first kappa shape index (κ1) is 23.0. The van der Waals surface area contributed by atoms with Gasteiger partial charge in [-0.1, -0.05) is 70.4 Å². The molecule has 3 rings (SSSR count). The van der Waals surface area contributed by atoms with E-state index in [1.54, 1.807) is 24.5 Å². The van der Waals surface area contributed by atoms with Crippen molar-refractivity contribution in [2.75, 3.05) is 6.54 Å². The molecule has 166 valence electrons. The number of carbonyl (C=O) groups excluding carboxylic acids is 1. The van der Waals surface area contributed by atoms with Gasteiger partial charge in [0.2, 0.25) is 0 Å². The predicted molar refractivity (Wildman–Crippen MR) is 127 cm³/mol. The number of aryl methyl sites for hydroxylation is 1. The number of benzene rings is 1. The maximum atomic E-state index is 12.3. The van der Waals surface area contributed by atoms with Crippen LogP contribution in [0.4, 0.5) is 0 Å². The molecule has 5 nitrogen and oxygen atoms in total. The van der Waals surface area contributed by atoms with Gasteiger partial charge in [-0.05, 0) is 30.7 Å². The van der Waals surface area contributed by atoms with Gasteiger partial charge in [0.15, 0.2) is 0 Å². The van der Waals surface area contributed by atoms with Gasteiger partial charge in [-0.25, -0.2) is 4.98 Å². The number of hydrogen-bond acceptors (Lipinski definition) is 3. The maximum Gasteiger partial charge on any atom is 0.251 e. The van der Waals surface area contributed by atoms with Gasteiger partial charge in [0, 0.05) is 37.5 Å². The van der Waals surface area contributed by atoms with Crippen molar-refractivity contribution in [3.05, 3.63) is 60.2 Å². The zero-order valence-electron chi connectivity index (χ0n) is 18.9. The van der Waals surface area contributed by atoms with Crippen molar-refractivity contribution in [3.8, 4) is 0 Å². The zero-order chi connectivity index (χ0) is 21.7. The molecule has 1 N–H and O–H groups in total. The number of rotatable bonds is 14. The molecule has 2 aromatic heterocycles. The molecule has 0 aliphatic rings. The molecule has 0 spiro atoms. The number of para-hydroxylation sites is 2. The molecule has 2 heterocycles. The number of aromatic nitrogens is 3. The predicted octanol–water partition coefficient (Wildman–Crippen LogP) is 5.93. The number of unbranched alkanes of at least 4 members (excludes halogenated alkanes) is 8. The minimum absolute atomic E-state index is 0.0657. The number of imidazole rings is 1. The van der Waals surface area contributed by atoms with Gasteiger partial charge in [0.25, 0.3) is 5.91 Å². The van der Waals surface area contributed by atoms with Gasteiger partial charge >= 0.3 is 0 Å². The van der Waals surface area contributed by atoms with Crippen molar-refractivity contribution in [2.45, 2.75) is 77.7 Å². The molecule has 0 aliphatic carbocycles. The fourth-order valence-electron chi connectivity index (χ4n) is 4.04. The fraction of sp³-hybridized carbons (Fsp3) is 0.500. The summed E-state index contributed by atoms with van der Waals surface area (Å²) in [5.74, 6) is 0.986. The molecule has 0 aliphatic heterocycles. The molecular formula is C26H36N4O. The van der Waals surface area contributed by atoms with Crippen LogP contribution >= 0.6 is 0 Å². The van der Waals surface area contributed by atoms with Crippen LogP contribution in [0.5, 0.6) is 0 Å². The Balaban J connectivity index is 1.48. The number of amides is 1. The maximum absolute atomic E-state index is 12.3. The lowest BCUT2D eigenvalue weighted by Crippen LogP contribution is -2.26. The van der Waals surface area contributed by atoms with Crippen LogP contribution < -0.4 is 5.32 Å². The van der Waals surface area contributed by atoms with E-state index >= 15 is 0 Å². The molecule has 3 aromatic rings. The summed E-state index contributed by atoms with van der Waals surface area (Å²) in [7, 11) is 0. The second-order valence-electron chi connectivity index (χ2n) is 8.24. The van der Waals surface area contributed by atoms with Crippen molar-refractivity contribution in [1.29, 1.82) is 0 Å². The van der Waals surface area contributed by atoms with Crippen LogP contribution in [0.1, 0.15) is 80.9 Å². The van der Waals surface area contributed by atoms with Gasteiger partial charge in [0.05, 0.1) is 11.0 Å². The third kappa shape index (κ3) is 7.20. The van der Waals surface area contributed by atoms with Crippen molar-refractivity contribution in [1.82, 2.24) is 19.9 Å². The first-order chi connectivity index (χ1) is 15.3. The Bertz CT molecular complexity index is 920. The van der Waals surface area contributed by atoms with E-state index in [0.717, 1.165) is 24.3 Å². The molecule has 0 bridgehead atoms. The fourth-order valence-corrected chi connectivity index (χ4v) is 4.04. The third-order valence-corrected chi connectivity index (χ3v) is 5.80. The lowest BCUT2D eigenvalue weighted by molar-refractivity contribution is 0.0954. The van der Waals surface area contributed by atoms with Crippen molar-refractivity contribution >= 4 is 16.9 Å². The van der Waals surface area contributed by atoms with Crippen LogP contribution in [-0.2, 0) is 13.0 Å². The summed E-state index contributed by atoms with van der Waals surface area (Å²) in [6.07, 6.45) is 15.9. The van der Waals surface area contributed by atoms with E-state index in [1.807, 2.05) is 6.07 Å². The quantitative estimate of drug-likeness (QED) is 0.329. The molecule has 0 saturated heterocycles. The Kier molecular flexibility index (Phi) is 9.55. The number of carbonyl (C=O) groups is 1. The smallest absolute Gasteiger partial charge is 0.251 e. The molecule has 0 saturated carbocycles. The number of fused-ring (bicyclic) bond motifs is 1. The minimum atomic E-state index is -0.0657. The lowest BCUT2D eigenvalue weighted by Gasteiger charge is -2.10. The second kappa shape index (κ2) is 12.9. The lowest BCUT2D eigenvalue weighted by atomic mass is 10.1.